The van der Waals surface area contributed by atoms with E-state index in [1.54, 1.807) is 41.8 Å². The van der Waals surface area contributed by atoms with Crippen molar-refractivity contribution in [1.82, 2.24) is 14.6 Å². The van der Waals surface area contributed by atoms with Gasteiger partial charge in [0.05, 0.1) is 5.69 Å². The summed E-state index contributed by atoms with van der Waals surface area (Å²) in [5.74, 6) is -0.362. The van der Waals surface area contributed by atoms with E-state index in [1.807, 2.05) is 0 Å². The van der Waals surface area contributed by atoms with Crippen LogP contribution < -0.4 is 10.6 Å². The average Bonchev–Trinajstić information content (AvgIpc) is 2.91. The van der Waals surface area contributed by atoms with Gasteiger partial charge in [0.25, 0.3) is 0 Å². The van der Waals surface area contributed by atoms with Crippen molar-refractivity contribution in [2.45, 2.75) is 6.92 Å². The van der Waals surface area contributed by atoms with E-state index >= 15 is 0 Å². The van der Waals surface area contributed by atoms with Gasteiger partial charge in [-0.05, 0) is 31.2 Å². The standard InChI is InChI=1S/C14H12FN5O/c1-9-11(15)3-2-4-12(9)18-14(21)17-10-5-6-13-19-16-8-20(13)7-10/h2-8H,1H3,(H2,17,18,21). The lowest BCUT2D eigenvalue weighted by atomic mass is 10.2. The highest BCUT2D eigenvalue weighted by Gasteiger charge is 2.08. The summed E-state index contributed by atoms with van der Waals surface area (Å²) in [7, 11) is 0. The van der Waals surface area contributed by atoms with Gasteiger partial charge in [0.15, 0.2) is 5.65 Å². The minimum absolute atomic E-state index is 0.362. The molecule has 0 aliphatic heterocycles. The van der Waals surface area contributed by atoms with Crippen LogP contribution in [0.1, 0.15) is 5.56 Å². The number of pyridine rings is 1. The third kappa shape index (κ3) is 2.66. The van der Waals surface area contributed by atoms with Crippen molar-refractivity contribution in [3.05, 3.63) is 54.2 Å². The molecule has 2 aromatic heterocycles. The number of aromatic nitrogens is 3. The highest BCUT2D eigenvalue weighted by atomic mass is 19.1. The van der Waals surface area contributed by atoms with Gasteiger partial charge in [-0.2, -0.15) is 0 Å². The fraction of sp³-hybridized carbons (Fsp3) is 0.0714. The maximum atomic E-state index is 13.4. The Hall–Kier alpha value is -2.96. The van der Waals surface area contributed by atoms with Crippen molar-refractivity contribution in [1.29, 1.82) is 0 Å². The van der Waals surface area contributed by atoms with Gasteiger partial charge in [0, 0.05) is 17.4 Å². The van der Waals surface area contributed by atoms with Gasteiger partial charge in [-0.1, -0.05) is 6.07 Å². The van der Waals surface area contributed by atoms with Crippen LogP contribution >= 0.6 is 0 Å². The highest BCUT2D eigenvalue weighted by Crippen LogP contribution is 2.18. The summed E-state index contributed by atoms with van der Waals surface area (Å²) in [6.07, 6.45) is 3.22. The number of hydrogen-bond donors (Lipinski definition) is 2. The molecule has 0 aliphatic rings. The molecule has 0 radical (unpaired) electrons. The van der Waals surface area contributed by atoms with Crippen LogP contribution in [0.15, 0.2) is 42.9 Å². The Morgan fingerprint density at radius 3 is 2.95 bits per heavy atom. The van der Waals surface area contributed by atoms with Crippen molar-refractivity contribution in [2.75, 3.05) is 10.6 Å². The molecule has 3 aromatic rings. The first-order valence-corrected chi connectivity index (χ1v) is 6.26. The summed E-state index contributed by atoms with van der Waals surface area (Å²) in [6, 6.07) is 7.52. The van der Waals surface area contributed by atoms with Crippen LogP contribution in [0.25, 0.3) is 5.65 Å². The number of benzene rings is 1. The molecule has 2 N–H and O–H groups in total. The molecule has 2 amide bonds. The zero-order valence-electron chi connectivity index (χ0n) is 11.2. The van der Waals surface area contributed by atoms with E-state index in [1.165, 1.54) is 12.4 Å². The van der Waals surface area contributed by atoms with E-state index in [2.05, 4.69) is 20.8 Å². The minimum Gasteiger partial charge on any atom is -0.307 e. The number of carbonyl (C=O) groups is 1. The number of hydrogen-bond acceptors (Lipinski definition) is 3. The molecule has 0 saturated heterocycles. The Labute approximate surface area is 119 Å². The Bertz CT molecular complexity index is 814. The summed E-state index contributed by atoms with van der Waals surface area (Å²) in [5.41, 5.74) is 2.08. The van der Waals surface area contributed by atoms with Gasteiger partial charge in [0.1, 0.15) is 12.1 Å². The van der Waals surface area contributed by atoms with Crippen molar-refractivity contribution >= 4 is 23.1 Å². The van der Waals surface area contributed by atoms with E-state index in [-0.39, 0.29) is 5.82 Å². The summed E-state index contributed by atoms with van der Waals surface area (Å²) < 4.78 is 15.1. The van der Waals surface area contributed by atoms with Crippen molar-refractivity contribution in [3.63, 3.8) is 0 Å². The summed E-state index contributed by atoms with van der Waals surface area (Å²) in [5, 5.41) is 12.9. The van der Waals surface area contributed by atoms with Crippen LogP contribution in [0, 0.1) is 12.7 Å². The maximum Gasteiger partial charge on any atom is 0.323 e. The Balaban J connectivity index is 1.75. The zero-order valence-corrected chi connectivity index (χ0v) is 11.2. The van der Waals surface area contributed by atoms with E-state index in [0.29, 0.717) is 22.6 Å². The Kier molecular flexibility index (Phi) is 3.23. The molecule has 2 heterocycles. The number of fused-ring (bicyclic) bond motifs is 1. The second-order valence-corrected chi connectivity index (χ2v) is 4.51. The first-order valence-electron chi connectivity index (χ1n) is 6.26. The molecule has 0 fully saturated rings. The lowest BCUT2D eigenvalue weighted by molar-refractivity contribution is 0.262. The average molecular weight is 285 g/mol. The second kappa shape index (κ2) is 5.20. The van der Waals surface area contributed by atoms with Crippen molar-refractivity contribution in [3.8, 4) is 0 Å². The number of carbonyl (C=O) groups excluding carboxylic acids is 1. The van der Waals surface area contributed by atoms with Gasteiger partial charge >= 0.3 is 6.03 Å². The largest absolute Gasteiger partial charge is 0.323 e. The molecule has 106 valence electrons. The maximum absolute atomic E-state index is 13.4. The molecule has 0 atom stereocenters. The normalized spacial score (nSPS) is 10.6. The zero-order chi connectivity index (χ0) is 14.8. The lowest BCUT2D eigenvalue weighted by Crippen LogP contribution is -2.20. The number of anilines is 2. The molecule has 0 bridgehead atoms. The first-order chi connectivity index (χ1) is 10.1. The highest BCUT2D eigenvalue weighted by molar-refractivity contribution is 6.00. The van der Waals surface area contributed by atoms with Crippen LogP contribution in [0.3, 0.4) is 0 Å². The fourth-order valence-corrected chi connectivity index (χ4v) is 1.93. The predicted molar refractivity (Wildman–Crippen MR) is 76.8 cm³/mol. The monoisotopic (exact) mass is 285 g/mol. The lowest BCUT2D eigenvalue weighted by Gasteiger charge is -2.10. The van der Waals surface area contributed by atoms with Gasteiger partial charge in [0.2, 0.25) is 0 Å². The molecule has 0 saturated carbocycles. The summed E-state index contributed by atoms with van der Waals surface area (Å²) in [6.45, 7) is 1.61. The predicted octanol–water partition coefficient (Wildman–Crippen LogP) is 2.82. The molecular weight excluding hydrogens is 273 g/mol. The minimum atomic E-state index is -0.448. The quantitative estimate of drug-likeness (QED) is 0.760. The van der Waals surface area contributed by atoms with Crippen molar-refractivity contribution in [2.24, 2.45) is 0 Å². The third-order valence-electron chi connectivity index (χ3n) is 3.06. The van der Waals surface area contributed by atoms with E-state index in [4.69, 9.17) is 0 Å². The SMILES string of the molecule is Cc1c(F)cccc1NC(=O)Nc1ccc2nncn2c1. The smallest absolute Gasteiger partial charge is 0.307 e. The third-order valence-corrected chi connectivity index (χ3v) is 3.06. The molecule has 0 spiro atoms. The number of nitrogens with zero attached hydrogens (tertiary/aromatic N) is 3. The van der Waals surface area contributed by atoms with Crippen LogP contribution in [-0.2, 0) is 0 Å². The van der Waals surface area contributed by atoms with E-state index in [0.717, 1.165) is 0 Å². The number of nitrogens with one attached hydrogen (secondary N) is 2. The molecule has 1 aromatic carbocycles. The number of rotatable bonds is 2. The second-order valence-electron chi connectivity index (χ2n) is 4.51. The first kappa shape index (κ1) is 13.0. The van der Waals surface area contributed by atoms with Gasteiger partial charge in [-0.3, -0.25) is 4.40 Å². The van der Waals surface area contributed by atoms with Gasteiger partial charge in [-0.15, -0.1) is 10.2 Å². The Morgan fingerprint density at radius 2 is 2.10 bits per heavy atom. The van der Waals surface area contributed by atoms with E-state index < -0.39 is 6.03 Å². The molecule has 0 aliphatic carbocycles. The number of urea groups is 1. The van der Waals surface area contributed by atoms with Crippen LogP contribution in [0.2, 0.25) is 0 Å². The molecule has 7 heteroatoms. The van der Waals surface area contributed by atoms with Crippen molar-refractivity contribution < 1.29 is 9.18 Å². The van der Waals surface area contributed by atoms with Crippen LogP contribution in [-0.4, -0.2) is 20.6 Å². The molecule has 3 rings (SSSR count). The van der Waals surface area contributed by atoms with Gasteiger partial charge < -0.3 is 10.6 Å². The molecule has 0 unspecified atom stereocenters. The summed E-state index contributed by atoms with van der Waals surface area (Å²) >= 11 is 0. The fourth-order valence-electron chi connectivity index (χ4n) is 1.93. The number of halogens is 1. The Morgan fingerprint density at radius 1 is 1.24 bits per heavy atom. The molecule has 21 heavy (non-hydrogen) atoms. The number of amides is 2. The summed E-state index contributed by atoms with van der Waals surface area (Å²) in [4.78, 5) is 11.9. The van der Waals surface area contributed by atoms with Crippen LogP contribution in [0.4, 0.5) is 20.6 Å². The topological polar surface area (TPSA) is 71.3 Å². The molecule has 6 nitrogen and oxygen atoms in total. The van der Waals surface area contributed by atoms with Gasteiger partial charge in [-0.25, -0.2) is 9.18 Å². The van der Waals surface area contributed by atoms with Crippen LogP contribution in [0.5, 0.6) is 0 Å². The molecular formula is C14H12FN5O. The van der Waals surface area contributed by atoms with E-state index in [9.17, 15) is 9.18 Å².